The van der Waals surface area contributed by atoms with Crippen LogP contribution in [0.5, 0.6) is 0 Å². The smallest absolute Gasteiger partial charge is 0.250 e. The van der Waals surface area contributed by atoms with Gasteiger partial charge in [0, 0.05) is 9.75 Å². The number of aliphatic hydroxyl groups excluding tert-OH is 1. The summed E-state index contributed by atoms with van der Waals surface area (Å²) in [5.41, 5.74) is 0. The Morgan fingerprint density at radius 3 is 2.55 bits per heavy atom. The highest BCUT2D eigenvalue weighted by Crippen LogP contribution is 2.29. The minimum Gasteiger partial charge on any atom is -0.391 e. The highest BCUT2D eigenvalue weighted by Gasteiger charge is 2.25. The van der Waals surface area contributed by atoms with Crippen molar-refractivity contribution in [2.45, 2.75) is 30.7 Å². The van der Waals surface area contributed by atoms with Crippen molar-refractivity contribution >= 4 is 32.7 Å². The third-order valence-electron chi connectivity index (χ3n) is 2.86. The van der Waals surface area contributed by atoms with Crippen LogP contribution in [-0.4, -0.2) is 13.5 Å². The van der Waals surface area contributed by atoms with E-state index in [1.54, 1.807) is 17.4 Å². The first kappa shape index (κ1) is 15.7. The molecule has 110 valence electrons. The van der Waals surface area contributed by atoms with Crippen molar-refractivity contribution in [1.29, 1.82) is 0 Å². The zero-order valence-electron chi connectivity index (χ0n) is 11.2. The first-order chi connectivity index (χ1) is 9.44. The Labute approximate surface area is 127 Å². The van der Waals surface area contributed by atoms with Crippen molar-refractivity contribution in [3.05, 3.63) is 39.4 Å². The Bertz CT molecular complexity index is 644. The van der Waals surface area contributed by atoms with Gasteiger partial charge in [0.1, 0.15) is 4.21 Å². The maximum absolute atomic E-state index is 12.4. The van der Waals surface area contributed by atoms with Gasteiger partial charge in [0.25, 0.3) is 10.0 Å². The fourth-order valence-corrected chi connectivity index (χ4v) is 5.42. The number of sulfonamides is 1. The molecule has 0 saturated carbocycles. The summed E-state index contributed by atoms with van der Waals surface area (Å²) in [6.07, 6.45) is 0. The maximum atomic E-state index is 12.4. The van der Waals surface area contributed by atoms with Crippen LogP contribution in [-0.2, 0) is 16.6 Å². The summed E-state index contributed by atoms with van der Waals surface area (Å²) < 4.78 is 27.8. The number of thiophene rings is 2. The molecule has 7 heteroatoms. The maximum Gasteiger partial charge on any atom is 0.250 e. The van der Waals surface area contributed by atoms with Crippen LogP contribution in [0.2, 0.25) is 0 Å². The van der Waals surface area contributed by atoms with E-state index in [-0.39, 0.29) is 22.8 Å². The van der Waals surface area contributed by atoms with Gasteiger partial charge >= 0.3 is 0 Å². The summed E-state index contributed by atoms with van der Waals surface area (Å²) in [4.78, 5) is 1.64. The topological polar surface area (TPSA) is 66.4 Å². The molecule has 2 aromatic heterocycles. The van der Waals surface area contributed by atoms with Gasteiger partial charge in [-0.1, -0.05) is 19.9 Å². The van der Waals surface area contributed by atoms with Crippen LogP contribution in [0.3, 0.4) is 0 Å². The average molecular weight is 331 g/mol. The summed E-state index contributed by atoms with van der Waals surface area (Å²) in [5.74, 6) is 0.153. The first-order valence-electron chi connectivity index (χ1n) is 6.19. The van der Waals surface area contributed by atoms with Crippen LogP contribution in [0, 0.1) is 5.92 Å². The van der Waals surface area contributed by atoms with Crippen LogP contribution in [0.15, 0.2) is 33.9 Å². The van der Waals surface area contributed by atoms with Crippen molar-refractivity contribution in [3.63, 3.8) is 0 Å². The molecule has 0 aliphatic carbocycles. The lowest BCUT2D eigenvalue weighted by Crippen LogP contribution is -2.30. The van der Waals surface area contributed by atoms with E-state index in [2.05, 4.69) is 4.72 Å². The Kier molecular flexibility index (Phi) is 4.98. The van der Waals surface area contributed by atoms with Crippen molar-refractivity contribution in [2.75, 3.05) is 0 Å². The SMILES string of the molecule is CC(C)C(NS(=O)(=O)c1ccc(CO)s1)c1cccs1. The zero-order chi connectivity index (χ0) is 14.8. The summed E-state index contributed by atoms with van der Waals surface area (Å²) in [6, 6.07) is 6.78. The molecule has 0 aliphatic rings. The van der Waals surface area contributed by atoms with Crippen molar-refractivity contribution in [2.24, 2.45) is 5.92 Å². The molecule has 0 spiro atoms. The van der Waals surface area contributed by atoms with E-state index in [0.29, 0.717) is 4.88 Å². The van der Waals surface area contributed by atoms with Crippen LogP contribution in [0.25, 0.3) is 0 Å². The van der Waals surface area contributed by atoms with E-state index < -0.39 is 10.0 Å². The third-order valence-corrected chi connectivity index (χ3v) is 6.81. The van der Waals surface area contributed by atoms with Crippen LogP contribution >= 0.6 is 22.7 Å². The number of nitrogens with one attached hydrogen (secondary N) is 1. The van der Waals surface area contributed by atoms with Gasteiger partial charge in [-0.15, -0.1) is 22.7 Å². The molecule has 20 heavy (non-hydrogen) atoms. The second-order valence-electron chi connectivity index (χ2n) is 4.74. The minimum atomic E-state index is -3.56. The van der Waals surface area contributed by atoms with Gasteiger partial charge in [0.15, 0.2) is 0 Å². The number of aliphatic hydroxyl groups is 1. The van der Waals surface area contributed by atoms with Gasteiger partial charge in [-0.3, -0.25) is 0 Å². The zero-order valence-corrected chi connectivity index (χ0v) is 13.7. The molecule has 2 heterocycles. The molecule has 4 nitrogen and oxygen atoms in total. The minimum absolute atomic E-state index is 0.140. The fraction of sp³-hybridized carbons (Fsp3) is 0.385. The molecule has 0 amide bonds. The quantitative estimate of drug-likeness (QED) is 0.855. The number of hydrogen-bond acceptors (Lipinski definition) is 5. The summed E-state index contributed by atoms with van der Waals surface area (Å²) in [7, 11) is -3.56. The molecule has 1 atom stereocenters. The largest absolute Gasteiger partial charge is 0.391 e. The van der Waals surface area contributed by atoms with Crippen molar-refractivity contribution in [3.8, 4) is 0 Å². The van der Waals surface area contributed by atoms with E-state index >= 15 is 0 Å². The predicted molar refractivity (Wildman–Crippen MR) is 82.5 cm³/mol. The number of hydrogen-bond donors (Lipinski definition) is 2. The molecule has 1 unspecified atom stereocenters. The van der Waals surface area contributed by atoms with E-state index in [1.807, 2.05) is 31.4 Å². The van der Waals surface area contributed by atoms with Gasteiger partial charge in [-0.25, -0.2) is 13.1 Å². The van der Waals surface area contributed by atoms with Crippen LogP contribution in [0.4, 0.5) is 0 Å². The van der Waals surface area contributed by atoms with Gasteiger partial charge in [0.05, 0.1) is 12.6 Å². The van der Waals surface area contributed by atoms with Gasteiger partial charge in [0.2, 0.25) is 0 Å². The first-order valence-corrected chi connectivity index (χ1v) is 9.37. The Morgan fingerprint density at radius 2 is 2.05 bits per heavy atom. The molecular weight excluding hydrogens is 314 g/mol. The molecule has 0 bridgehead atoms. The molecular formula is C13H17NO3S3. The summed E-state index contributed by atoms with van der Waals surface area (Å²) in [5, 5.41) is 11.0. The number of rotatable bonds is 6. The Balaban J connectivity index is 2.25. The monoisotopic (exact) mass is 331 g/mol. The van der Waals surface area contributed by atoms with Gasteiger partial charge in [-0.05, 0) is 29.5 Å². The molecule has 0 aromatic carbocycles. The van der Waals surface area contributed by atoms with Gasteiger partial charge in [-0.2, -0.15) is 0 Å². The molecule has 0 fully saturated rings. The lowest BCUT2D eigenvalue weighted by Gasteiger charge is -2.20. The van der Waals surface area contributed by atoms with E-state index in [9.17, 15) is 8.42 Å². The molecule has 0 aliphatic heterocycles. The summed E-state index contributed by atoms with van der Waals surface area (Å²) in [6.45, 7) is 3.83. The second-order valence-corrected chi connectivity index (χ2v) is 8.83. The van der Waals surface area contributed by atoms with Gasteiger partial charge < -0.3 is 5.11 Å². The molecule has 0 radical (unpaired) electrons. The lowest BCUT2D eigenvalue weighted by molar-refractivity contribution is 0.285. The molecule has 2 N–H and O–H groups in total. The molecule has 2 rings (SSSR count). The van der Waals surface area contributed by atoms with E-state index in [0.717, 1.165) is 16.2 Å². The fourth-order valence-electron chi connectivity index (χ4n) is 1.80. The summed E-state index contributed by atoms with van der Waals surface area (Å²) >= 11 is 2.64. The highest BCUT2D eigenvalue weighted by atomic mass is 32.2. The Hall–Kier alpha value is -0.730. The lowest BCUT2D eigenvalue weighted by atomic mass is 10.0. The van der Waals surface area contributed by atoms with Crippen molar-refractivity contribution in [1.82, 2.24) is 4.72 Å². The molecule has 0 saturated heterocycles. The van der Waals surface area contributed by atoms with Crippen LogP contribution in [0.1, 0.15) is 29.6 Å². The standard InChI is InChI=1S/C13H17NO3S3/c1-9(2)13(11-4-3-7-18-11)14-20(16,17)12-6-5-10(8-15)19-12/h3-7,9,13-15H,8H2,1-2H3. The average Bonchev–Trinajstić information content (AvgIpc) is 3.06. The normalized spacial score (nSPS) is 13.8. The van der Waals surface area contributed by atoms with Crippen molar-refractivity contribution < 1.29 is 13.5 Å². The second kappa shape index (κ2) is 6.36. The highest BCUT2D eigenvalue weighted by molar-refractivity contribution is 7.91. The molecule has 2 aromatic rings. The predicted octanol–water partition coefficient (Wildman–Crippen LogP) is 2.98. The van der Waals surface area contributed by atoms with Crippen LogP contribution < -0.4 is 4.72 Å². The van der Waals surface area contributed by atoms with E-state index in [1.165, 1.54) is 6.07 Å². The Morgan fingerprint density at radius 1 is 1.30 bits per heavy atom. The third kappa shape index (κ3) is 3.48. The van der Waals surface area contributed by atoms with E-state index in [4.69, 9.17) is 5.11 Å².